The Labute approximate surface area is 133 Å². The lowest BCUT2D eigenvalue weighted by atomic mass is 10.0. The van der Waals surface area contributed by atoms with Crippen LogP contribution < -0.4 is 0 Å². The van der Waals surface area contributed by atoms with Crippen molar-refractivity contribution in [2.45, 2.75) is 4.90 Å². The van der Waals surface area contributed by atoms with Gasteiger partial charge in [0, 0.05) is 19.1 Å². The highest BCUT2D eigenvalue weighted by molar-refractivity contribution is 7.89. The molecule has 0 unspecified atom stereocenters. The van der Waals surface area contributed by atoms with E-state index in [0.717, 1.165) is 4.31 Å². The molecular weight excluding hydrogens is 326 g/mol. The first kappa shape index (κ1) is 16.5. The van der Waals surface area contributed by atoms with Crippen LogP contribution in [0.15, 0.2) is 47.4 Å². The van der Waals surface area contributed by atoms with Crippen molar-refractivity contribution in [1.29, 1.82) is 0 Å². The normalized spacial score (nSPS) is 11.6. The molecule has 116 valence electrons. The van der Waals surface area contributed by atoms with Gasteiger partial charge in [-0.25, -0.2) is 17.5 Å². The molecular formula is C15H14ClNO4S. The van der Waals surface area contributed by atoms with Crippen molar-refractivity contribution in [1.82, 2.24) is 4.31 Å². The van der Waals surface area contributed by atoms with Gasteiger partial charge in [0.25, 0.3) is 0 Å². The van der Waals surface area contributed by atoms with Gasteiger partial charge in [-0.05, 0) is 41.5 Å². The number of carboxylic acid groups (broad SMARTS) is 1. The molecule has 0 aliphatic carbocycles. The third kappa shape index (κ3) is 3.30. The summed E-state index contributed by atoms with van der Waals surface area (Å²) < 4.78 is 25.4. The summed E-state index contributed by atoms with van der Waals surface area (Å²) in [7, 11) is -0.663. The minimum absolute atomic E-state index is 0.0448. The summed E-state index contributed by atoms with van der Waals surface area (Å²) in [4.78, 5) is 11.2. The zero-order valence-corrected chi connectivity index (χ0v) is 13.5. The van der Waals surface area contributed by atoms with Crippen LogP contribution in [0.25, 0.3) is 11.1 Å². The summed E-state index contributed by atoms with van der Waals surface area (Å²) in [5, 5.41) is 9.35. The summed E-state index contributed by atoms with van der Waals surface area (Å²) in [6, 6.07) is 10.7. The molecule has 0 saturated carbocycles. The molecule has 2 aromatic rings. The van der Waals surface area contributed by atoms with E-state index >= 15 is 0 Å². The van der Waals surface area contributed by atoms with E-state index in [1.165, 1.54) is 38.4 Å². The first-order valence-corrected chi connectivity index (χ1v) is 8.10. The second-order valence-electron chi connectivity index (χ2n) is 4.85. The summed E-state index contributed by atoms with van der Waals surface area (Å²) in [5.74, 6) is -1.10. The Balaban J connectivity index is 2.58. The van der Waals surface area contributed by atoms with Gasteiger partial charge in [0.15, 0.2) is 0 Å². The molecule has 2 rings (SSSR count). The van der Waals surface area contributed by atoms with Crippen molar-refractivity contribution in [3.63, 3.8) is 0 Å². The molecule has 0 spiro atoms. The van der Waals surface area contributed by atoms with E-state index in [1.807, 2.05) is 0 Å². The zero-order valence-electron chi connectivity index (χ0n) is 11.9. The lowest BCUT2D eigenvalue weighted by Crippen LogP contribution is -2.22. The molecule has 0 aliphatic heterocycles. The fourth-order valence-corrected chi connectivity index (χ4v) is 3.11. The number of carbonyl (C=O) groups is 1. The molecule has 22 heavy (non-hydrogen) atoms. The van der Waals surface area contributed by atoms with Crippen molar-refractivity contribution in [3.8, 4) is 11.1 Å². The van der Waals surface area contributed by atoms with Crippen molar-refractivity contribution in [2.75, 3.05) is 14.1 Å². The average molecular weight is 340 g/mol. The molecule has 2 aromatic carbocycles. The van der Waals surface area contributed by atoms with Crippen LogP contribution in [0.2, 0.25) is 5.02 Å². The standard InChI is InChI=1S/C15H14ClNO4S/c1-17(2)22(20,21)14-5-3-4-10(9-14)11-6-12(15(18)19)8-13(16)7-11/h3-9H,1-2H3,(H,18,19). The highest BCUT2D eigenvalue weighted by atomic mass is 35.5. The smallest absolute Gasteiger partial charge is 0.335 e. The van der Waals surface area contributed by atoms with Gasteiger partial charge in [-0.2, -0.15) is 0 Å². The molecule has 7 heteroatoms. The predicted molar refractivity (Wildman–Crippen MR) is 84.7 cm³/mol. The summed E-state index contributed by atoms with van der Waals surface area (Å²) >= 11 is 5.93. The Morgan fingerprint density at radius 1 is 1.09 bits per heavy atom. The van der Waals surface area contributed by atoms with Gasteiger partial charge in [0.05, 0.1) is 10.5 Å². The van der Waals surface area contributed by atoms with Crippen molar-refractivity contribution >= 4 is 27.6 Å². The van der Waals surface area contributed by atoms with E-state index in [2.05, 4.69) is 0 Å². The number of carboxylic acids is 1. The number of hydrogen-bond acceptors (Lipinski definition) is 3. The van der Waals surface area contributed by atoms with Crippen LogP contribution in [-0.4, -0.2) is 37.9 Å². The Bertz CT molecular complexity index is 831. The highest BCUT2D eigenvalue weighted by Gasteiger charge is 2.18. The Morgan fingerprint density at radius 2 is 1.77 bits per heavy atom. The van der Waals surface area contributed by atoms with E-state index < -0.39 is 16.0 Å². The lowest BCUT2D eigenvalue weighted by Gasteiger charge is -2.12. The number of aromatic carboxylic acids is 1. The van der Waals surface area contributed by atoms with Crippen molar-refractivity contribution in [3.05, 3.63) is 53.1 Å². The highest BCUT2D eigenvalue weighted by Crippen LogP contribution is 2.27. The molecule has 0 atom stereocenters. The monoisotopic (exact) mass is 339 g/mol. The first-order valence-electron chi connectivity index (χ1n) is 6.28. The lowest BCUT2D eigenvalue weighted by molar-refractivity contribution is 0.0697. The fourth-order valence-electron chi connectivity index (χ4n) is 1.93. The van der Waals surface area contributed by atoms with Crippen LogP contribution in [0.5, 0.6) is 0 Å². The van der Waals surface area contributed by atoms with E-state index in [9.17, 15) is 13.2 Å². The minimum atomic E-state index is -3.56. The molecule has 0 fully saturated rings. The largest absolute Gasteiger partial charge is 0.478 e. The second-order valence-corrected chi connectivity index (χ2v) is 7.44. The molecule has 0 radical (unpaired) electrons. The SMILES string of the molecule is CN(C)S(=O)(=O)c1cccc(-c2cc(Cl)cc(C(=O)O)c2)c1. The van der Waals surface area contributed by atoms with Crippen LogP contribution >= 0.6 is 11.6 Å². The number of hydrogen-bond donors (Lipinski definition) is 1. The predicted octanol–water partition coefficient (Wildman–Crippen LogP) is 2.96. The van der Waals surface area contributed by atoms with Crippen LogP contribution in [0.4, 0.5) is 0 Å². The Hall–Kier alpha value is -1.89. The summed E-state index contributed by atoms with van der Waals surface area (Å²) in [6.07, 6.45) is 0. The number of halogens is 1. The maximum atomic E-state index is 12.2. The van der Waals surface area contributed by atoms with Gasteiger partial charge in [0.1, 0.15) is 0 Å². The first-order chi connectivity index (χ1) is 10.2. The van der Waals surface area contributed by atoms with Crippen LogP contribution in [0, 0.1) is 0 Å². The topological polar surface area (TPSA) is 74.7 Å². The van der Waals surface area contributed by atoms with Gasteiger partial charge in [-0.1, -0.05) is 23.7 Å². The Kier molecular flexibility index (Phi) is 4.55. The maximum absolute atomic E-state index is 12.2. The second kappa shape index (κ2) is 6.08. The molecule has 0 saturated heterocycles. The Morgan fingerprint density at radius 3 is 2.36 bits per heavy atom. The summed E-state index contributed by atoms with van der Waals surface area (Å²) in [6.45, 7) is 0. The van der Waals surface area contributed by atoms with Crippen molar-refractivity contribution in [2.24, 2.45) is 0 Å². The van der Waals surface area contributed by atoms with Gasteiger partial charge >= 0.3 is 5.97 Å². The van der Waals surface area contributed by atoms with Crippen LogP contribution in [0.1, 0.15) is 10.4 Å². The van der Waals surface area contributed by atoms with E-state index in [-0.39, 0.29) is 15.5 Å². The van der Waals surface area contributed by atoms with Gasteiger partial charge < -0.3 is 5.11 Å². The van der Waals surface area contributed by atoms with Crippen LogP contribution in [0.3, 0.4) is 0 Å². The number of sulfonamides is 1. The fraction of sp³-hybridized carbons (Fsp3) is 0.133. The van der Waals surface area contributed by atoms with E-state index in [1.54, 1.807) is 18.2 Å². The number of rotatable bonds is 4. The van der Waals surface area contributed by atoms with Crippen LogP contribution in [-0.2, 0) is 10.0 Å². The molecule has 0 aromatic heterocycles. The average Bonchev–Trinajstić information content (AvgIpc) is 2.46. The summed E-state index contributed by atoms with van der Waals surface area (Å²) in [5.41, 5.74) is 1.16. The zero-order chi connectivity index (χ0) is 16.5. The third-order valence-corrected chi connectivity index (χ3v) is 5.12. The van der Waals surface area contributed by atoms with Gasteiger partial charge in [-0.3, -0.25) is 0 Å². The minimum Gasteiger partial charge on any atom is -0.478 e. The maximum Gasteiger partial charge on any atom is 0.335 e. The molecule has 0 aliphatic rings. The number of benzene rings is 2. The number of nitrogens with zero attached hydrogens (tertiary/aromatic N) is 1. The molecule has 1 N–H and O–H groups in total. The van der Waals surface area contributed by atoms with E-state index in [0.29, 0.717) is 11.1 Å². The quantitative estimate of drug-likeness (QED) is 0.929. The molecule has 0 amide bonds. The van der Waals surface area contributed by atoms with Gasteiger partial charge in [-0.15, -0.1) is 0 Å². The molecule has 0 bridgehead atoms. The molecule has 5 nitrogen and oxygen atoms in total. The van der Waals surface area contributed by atoms with Crippen molar-refractivity contribution < 1.29 is 18.3 Å². The van der Waals surface area contributed by atoms with Gasteiger partial charge in [0.2, 0.25) is 10.0 Å². The molecule has 0 heterocycles. The van der Waals surface area contributed by atoms with E-state index in [4.69, 9.17) is 16.7 Å². The third-order valence-electron chi connectivity index (χ3n) is 3.09.